The van der Waals surface area contributed by atoms with E-state index in [0.29, 0.717) is 24.5 Å². The summed E-state index contributed by atoms with van der Waals surface area (Å²) in [4.78, 5) is 13.5. The minimum Gasteiger partial charge on any atom is -0.493 e. The molecule has 1 N–H and O–H groups in total. The van der Waals surface area contributed by atoms with Crippen molar-refractivity contribution in [2.75, 3.05) is 19.5 Å². The van der Waals surface area contributed by atoms with Crippen LogP contribution in [0, 0.1) is 0 Å². The van der Waals surface area contributed by atoms with Crippen molar-refractivity contribution < 1.29 is 14.3 Å². The molecule has 0 aliphatic rings. The SMILES string of the molecule is CCCCCC(CC(=O)Nc1cc(Cn2cccn2)ccc1C(C)(C)C)c1cccc(OC)c1OC. The van der Waals surface area contributed by atoms with Gasteiger partial charge in [0.05, 0.1) is 20.8 Å². The molecule has 0 saturated heterocycles. The predicted molar refractivity (Wildman–Crippen MR) is 146 cm³/mol. The molecule has 3 aromatic rings. The highest BCUT2D eigenvalue weighted by molar-refractivity contribution is 5.92. The lowest BCUT2D eigenvalue weighted by molar-refractivity contribution is -0.116. The average molecular weight is 492 g/mol. The van der Waals surface area contributed by atoms with Gasteiger partial charge in [-0.1, -0.05) is 71.2 Å². The maximum absolute atomic E-state index is 13.5. The van der Waals surface area contributed by atoms with Gasteiger partial charge < -0.3 is 14.8 Å². The van der Waals surface area contributed by atoms with Gasteiger partial charge in [-0.25, -0.2) is 0 Å². The van der Waals surface area contributed by atoms with E-state index < -0.39 is 0 Å². The Hall–Kier alpha value is -3.28. The molecule has 1 unspecified atom stereocenters. The molecule has 0 radical (unpaired) electrons. The van der Waals surface area contributed by atoms with Crippen LogP contribution >= 0.6 is 0 Å². The van der Waals surface area contributed by atoms with Gasteiger partial charge in [-0.05, 0) is 47.1 Å². The zero-order valence-electron chi connectivity index (χ0n) is 22.6. The molecular weight excluding hydrogens is 450 g/mol. The Balaban J connectivity index is 1.87. The van der Waals surface area contributed by atoms with E-state index >= 15 is 0 Å². The number of aromatic nitrogens is 2. The van der Waals surface area contributed by atoms with Crippen LogP contribution in [0.1, 0.15) is 82.4 Å². The third kappa shape index (κ3) is 7.12. The van der Waals surface area contributed by atoms with Gasteiger partial charge in [0, 0.05) is 30.1 Å². The molecular formula is C30H41N3O3. The molecule has 3 rings (SSSR count). The third-order valence-electron chi connectivity index (χ3n) is 6.53. The van der Waals surface area contributed by atoms with Crippen LogP contribution in [-0.4, -0.2) is 29.9 Å². The summed E-state index contributed by atoms with van der Waals surface area (Å²) in [5.74, 6) is 1.44. The summed E-state index contributed by atoms with van der Waals surface area (Å²) in [6.45, 7) is 9.35. The number of hydrogen-bond donors (Lipinski definition) is 1. The molecule has 6 heteroatoms. The molecule has 1 heterocycles. The van der Waals surface area contributed by atoms with E-state index in [1.54, 1.807) is 20.4 Å². The summed E-state index contributed by atoms with van der Waals surface area (Å²) in [5.41, 5.74) is 3.98. The molecule has 0 spiro atoms. The number of anilines is 1. The number of para-hydroxylation sites is 1. The largest absolute Gasteiger partial charge is 0.493 e. The lowest BCUT2D eigenvalue weighted by Crippen LogP contribution is -2.21. The second-order valence-corrected chi connectivity index (χ2v) is 10.4. The molecule has 0 aliphatic heterocycles. The number of methoxy groups -OCH3 is 2. The number of carbonyl (C=O) groups is 1. The van der Waals surface area contributed by atoms with E-state index in [9.17, 15) is 4.79 Å². The van der Waals surface area contributed by atoms with Crippen molar-refractivity contribution >= 4 is 11.6 Å². The van der Waals surface area contributed by atoms with Gasteiger partial charge in [0.25, 0.3) is 0 Å². The van der Waals surface area contributed by atoms with Crippen LogP contribution in [0.3, 0.4) is 0 Å². The number of carbonyl (C=O) groups excluding carboxylic acids is 1. The number of rotatable bonds is 12. The highest BCUT2D eigenvalue weighted by Crippen LogP contribution is 2.39. The first-order valence-corrected chi connectivity index (χ1v) is 12.9. The summed E-state index contributed by atoms with van der Waals surface area (Å²) in [6.07, 6.45) is 8.33. The second-order valence-electron chi connectivity index (χ2n) is 10.4. The molecule has 0 fully saturated rings. The van der Waals surface area contributed by atoms with Crippen molar-refractivity contribution in [3.63, 3.8) is 0 Å². The van der Waals surface area contributed by atoms with Crippen LogP contribution in [0.4, 0.5) is 5.69 Å². The molecule has 36 heavy (non-hydrogen) atoms. The lowest BCUT2D eigenvalue weighted by atomic mass is 9.85. The molecule has 1 aromatic heterocycles. The van der Waals surface area contributed by atoms with Crippen molar-refractivity contribution in [1.29, 1.82) is 0 Å². The normalized spacial score (nSPS) is 12.3. The molecule has 194 valence electrons. The van der Waals surface area contributed by atoms with Gasteiger partial charge in [0.1, 0.15) is 0 Å². The Kier molecular flexibility index (Phi) is 9.57. The Bertz CT molecular complexity index is 1120. The van der Waals surface area contributed by atoms with E-state index in [1.807, 2.05) is 29.1 Å². The van der Waals surface area contributed by atoms with Crippen LogP contribution < -0.4 is 14.8 Å². The average Bonchev–Trinajstić information content (AvgIpc) is 3.35. The van der Waals surface area contributed by atoms with Gasteiger partial charge in [-0.15, -0.1) is 0 Å². The first kappa shape index (κ1) is 27.3. The van der Waals surface area contributed by atoms with E-state index in [0.717, 1.165) is 48.1 Å². The van der Waals surface area contributed by atoms with Crippen LogP contribution in [-0.2, 0) is 16.8 Å². The monoisotopic (exact) mass is 491 g/mol. The fourth-order valence-electron chi connectivity index (χ4n) is 4.69. The Labute approximate surface area is 216 Å². The van der Waals surface area contributed by atoms with Crippen molar-refractivity contribution in [3.8, 4) is 11.5 Å². The number of nitrogens with one attached hydrogen (secondary N) is 1. The zero-order chi connectivity index (χ0) is 26.1. The van der Waals surface area contributed by atoms with Crippen LogP contribution in [0.5, 0.6) is 11.5 Å². The zero-order valence-corrected chi connectivity index (χ0v) is 22.6. The number of hydrogen-bond acceptors (Lipinski definition) is 4. The number of benzene rings is 2. The highest BCUT2D eigenvalue weighted by atomic mass is 16.5. The molecule has 0 bridgehead atoms. The number of nitrogens with zero attached hydrogens (tertiary/aromatic N) is 2. The van der Waals surface area contributed by atoms with E-state index in [-0.39, 0.29) is 17.2 Å². The fraction of sp³-hybridized carbons (Fsp3) is 0.467. The second kappa shape index (κ2) is 12.6. The molecule has 0 saturated carbocycles. The first-order chi connectivity index (χ1) is 17.3. The number of ether oxygens (including phenoxy) is 2. The minimum atomic E-state index is -0.108. The van der Waals surface area contributed by atoms with Crippen molar-refractivity contribution in [1.82, 2.24) is 9.78 Å². The Morgan fingerprint density at radius 3 is 2.53 bits per heavy atom. The standard InChI is InChI=1S/C30H41N3O3/c1-7-8-9-12-23(24-13-10-14-27(35-5)29(24)36-6)20-28(34)32-26-19-22(21-33-18-11-17-31-33)15-16-25(26)30(2,3)4/h10-11,13-19,23H,7-9,12,20-21H2,1-6H3,(H,32,34). The molecule has 6 nitrogen and oxygen atoms in total. The van der Waals surface area contributed by atoms with Crippen LogP contribution in [0.25, 0.3) is 0 Å². The van der Waals surface area contributed by atoms with Gasteiger partial charge in [-0.2, -0.15) is 5.10 Å². The quantitative estimate of drug-likeness (QED) is 0.279. The van der Waals surface area contributed by atoms with E-state index in [1.165, 1.54) is 0 Å². The van der Waals surface area contributed by atoms with E-state index in [4.69, 9.17) is 9.47 Å². The number of unbranched alkanes of at least 4 members (excludes halogenated alkanes) is 2. The Morgan fingerprint density at radius 2 is 1.89 bits per heavy atom. The third-order valence-corrected chi connectivity index (χ3v) is 6.53. The first-order valence-electron chi connectivity index (χ1n) is 12.9. The molecule has 1 atom stereocenters. The van der Waals surface area contributed by atoms with Crippen molar-refractivity contribution in [3.05, 3.63) is 71.5 Å². The summed E-state index contributed by atoms with van der Waals surface area (Å²) in [6, 6.07) is 14.2. The summed E-state index contributed by atoms with van der Waals surface area (Å²) in [7, 11) is 3.30. The topological polar surface area (TPSA) is 65.4 Å². The summed E-state index contributed by atoms with van der Waals surface area (Å²) >= 11 is 0. The molecule has 1 amide bonds. The van der Waals surface area contributed by atoms with E-state index in [2.05, 4.69) is 62.4 Å². The number of amides is 1. The van der Waals surface area contributed by atoms with Gasteiger partial charge in [0.15, 0.2) is 11.5 Å². The lowest BCUT2D eigenvalue weighted by Gasteiger charge is -2.25. The predicted octanol–water partition coefficient (Wildman–Crippen LogP) is 6.94. The molecule has 0 aliphatic carbocycles. The Morgan fingerprint density at radius 1 is 1.08 bits per heavy atom. The van der Waals surface area contributed by atoms with Crippen molar-refractivity contribution in [2.24, 2.45) is 0 Å². The van der Waals surface area contributed by atoms with Gasteiger partial charge in [0.2, 0.25) is 5.91 Å². The van der Waals surface area contributed by atoms with Crippen LogP contribution in [0.15, 0.2) is 54.9 Å². The minimum absolute atomic E-state index is 0.00288. The fourth-order valence-corrected chi connectivity index (χ4v) is 4.69. The molecule has 2 aromatic carbocycles. The summed E-state index contributed by atoms with van der Waals surface area (Å²) in [5, 5.41) is 7.57. The van der Waals surface area contributed by atoms with Crippen molar-refractivity contribution in [2.45, 2.75) is 77.7 Å². The van der Waals surface area contributed by atoms with Crippen LogP contribution in [0.2, 0.25) is 0 Å². The smallest absolute Gasteiger partial charge is 0.224 e. The highest BCUT2D eigenvalue weighted by Gasteiger charge is 2.24. The maximum Gasteiger partial charge on any atom is 0.224 e. The maximum atomic E-state index is 13.5. The van der Waals surface area contributed by atoms with Gasteiger partial charge in [-0.3, -0.25) is 9.48 Å². The van der Waals surface area contributed by atoms with Gasteiger partial charge >= 0.3 is 0 Å². The summed E-state index contributed by atoms with van der Waals surface area (Å²) < 4.78 is 13.1.